The van der Waals surface area contributed by atoms with Crippen LogP contribution in [0.1, 0.15) is 47.6 Å². The Morgan fingerprint density at radius 1 is 1.08 bits per heavy atom. The van der Waals surface area contributed by atoms with Crippen LogP contribution in [0.2, 0.25) is 5.02 Å². The first-order chi connectivity index (χ1) is 17.2. The quantitative estimate of drug-likeness (QED) is 0.387. The zero-order chi connectivity index (χ0) is 25.9. The van der Waals surface area contributed by atoms with Gasteiger partial charge in [0.1, 0.15) is 13.2 Å². The summed E-state index contributed by atoms with van der Waals surface area (Å²) in [5, 5.41) is 2.42. The maximum absolute atomic E-state index is 13.8. The Balaban J connectivity index is 1.58. The van der Waals surface area contributed by atoms with Crippen LogP contribution in [-0.2, 0) is 11.2 Å². The summed E-state index contributed by atoms with van der Waals surface area (Å²) < 4.78 is 11.6. The van der Waals surface area contributed by atoms with Crippen molar-refractivity contribution in [3.8, 4) is 11.5 Å². The van der Waals surface area contributed by atoms with Gasteiger partial charge in [0.15, 0.2) is 11.5 Å². The largest absolute Gasteiger partial charge is 0.493 e. The van der Waals surface area contributed by atoms with Crippen LogP contribution in [0.3, 0.4) is 0 Å². The predicted octanol–water partition coefficient (Wildman–Crippen LogP) is 5.86. The van der Waals surface area contributed by atoms with Crippen molar-refractivity contribution >= 4 is 34.8 Å². The van der Waals surface area contributed by atoms with E-state index in [0.29, 0.717) is 28.6 Å². The molecule has 0 N–H and O–H groups in total. The molecule has 0 aliphatic carbocycles. The Morgan fingerprint density at radius 2 is 1.78 bits per heavy atom. The summed E-state index contributed by atoms with van der Waals surface area (Å²) in [5.41, 5.74) is 0.893. The molecule has 2 aromatic carbocycles. The van der Waals surface area contributed by atoms with Crippen LogP contribution >= 0.6 is 22.9 Å². The molecule has 1 aromatic heterocycles. The minimum Gasteiger partial charge on any atom is -0.493 e. The van der Waals surface area contributed by atoms with Gasteiger partial charge in [0, 0.05) is 17.0 Å². The van der Waals surface area contributed by atoms with E-state index in [-0.39, 0.29) is 31.0 Å². The van der Waals surface area contributed by atoms with Crippen LogP contribution < -0.4 is 9.47 Å². The molecule has 36 heavy (non-hydrogen) atoms. The Kier molecular flexibility index (Phi) is 7.91. The summed E-state index contributed by atoms with van der Waals surface area (Å²) in [6.07, 6.45) is 0.776. The van der Waals surface area contributed by atoms with Crippen molar-refractivity contribution in [2.75, 3.05) is 26.8 Å². The second-order valence-corrected chi connectivity index (χ2v) is 11.1. The highest BCUT2D eigenvalue weighted by Crippen LogP contribution is 2.35. The van der Waals surface area contributed by atoms with Crippen LogP contribution in [0.4, 0.5) is 0 Å². The van der Waals surface area contributed by atoms with Gasteiger partial charge in [0.25, 0.3) is 5.91 Å². The van der Waals surface area contributed by atoms with Crippen molar-refractivity contribution < 1.29 is 19.1 Å². The third-order valence-electron chi connectivity index (χ3n) is 6.33. The number of ether oxygens (including phenoxy) is 2. The second kappa shape index (κ2) is 10.9. The Hall–Kier alpha value is -3.03. The van der Waals surface area contributed by atoms with E-state index in [1.165, 1.54) is 4.88 Å². The summed E-state index contributed by atoms with van der Waals surface area (Å²) in [6, 6.07) is 16.2. The monoisotopic (exact) mass is 526 g/mol. The lowest BCUT2D eigenvalue weighted by atomic mass is 9.99. The molecule has 1 aliphatic rings. The van der Waals surface area contributed by atoms with Gasteiger partial charge in [-0.05, 0) is 68.5 Å². The molecule has 6 nitrogen and oxygen atoms in total. The fourth-order valence-electron chi connectivity index (χ4n) is 4.40. The fraction of sp³-hybridized carbons (Fsp3) is 0.357. The molecule has 0 unspecified atom stereocenters. The van der Waals surface area contributed by atoms with Crippen LogP contribution in [0.15, 0.2) is 60.0 Å². The minimum atomic E-state index is -0.585. The molecule has 1 atom stereocenters. The van der Waals surface area contributed by atoms with Gasteiger partial charge in [-0.2, -0.15) is 0 Å². The summed E-state index contributed by atoms with van der Waals surface area (Å²) in [4.78, 5) is 31.9. The number of halogens is 1. The molecular weight excluding hydrogens is 496 g/mol. The zero-order valence-corrected chi connectivity index (χ0v) is 22.6. The van der Waals surface area contributed by atoms with E-state index in [1.807, 2.05) is 49.9 Å². The van der Waals surface area contributed by atoms with E-state index in [9.17, 15) is 9.59 Å². The first kappa shape index (κ1) is 26.0. The average molecular weight is 527 g/mol. The molecule has 8 heteroatoms. The Labute approximate surface area is 221 Å². The first-order valence-electron chi connectivity index (χ1n) is 11.9. The zero-order valence-electron chi connectivity index (χ0n) is 21.0. The van der Waals surface area contributed by atoms with Gasteiger partial charge < -0.3 is 19.3 Å². The van der Waals surface area contributed by atoms with Crippen molar-refractivity contribution in [3.63, 3.8) is 0 Å². The number of carbonyl (C=O) groups is 2. The lowest BCUT2D eigenvalue weighted by molar-refractivity contribution is -0.136. The number of hydrogen-bond donors (Lipinski definition) is 0. The number of thiophene rings is 1. The molecule has 2 amide bonds. The molecule has 1 aliphatic heterocycles. The Morgan fingerprint density at radius 3 is 2.47 bits per heavy atom. The summed E-state index contributed by atoms with van der Waals surface area (Å²) in [6.45, 7) is 6.55. The van der Waals surface area contributed by atoms with Crippen molar-refractivity contribution in [2.45, 2.75) is 38.8 Å². The molecule has 3 aromatic rings. The number of amides is 2. The molecule has 0 radical (unpaired) electrons. The number of para-hydroxylation sites is 2. The average Bonchev–Trinajstić information content (AvgIpc) is 3.34. The lowest BCUT2D eigenvalue weighted by Gasteiger charge is -2.40. The molecule has 0 spiro atoms. The molecule has 0 saturated heterocycles. The van der Waals surface area contributed by atoms with Crippen molar-refractivity contribution in [1.29, 1.82) is 0 Å². The molecule has 2 heterocycles. The second-order valence-electron chi connectivity index (χ2n) is 9.66. The van der Waals surface area contributed by atoms with Gasteiger partial charge in [-0.25, -0.2) is 0 Å². The number of benzene rings is 2. The number of nitrogens with zero attached hydrogens (tertiary/aromatic N) is 2. The number of rotatable bonds is 7. The normalized spacial score (nSPS) is 15.2. The third-order valence-corrected chi connectivity index (χ3v) is 7.66. The number of methoxy groups -OCH3 is 1. The Bertz CT molecular complexity index is 1240. The van der Waals surface area contributed by atoms with E-state index in [2.05, 4.69) is 11.4 Å². The van der Waals surface area contributed by atoms with Gasteiger partial charge in [-0.1, -0.05) is 35.9 Å². The number of carbonyl (C=O) groups excluding carboxylic acids is 2. The van der Waals surface area contributed by atoms with Crippen molar-refractivity contribution in [2.24, 2.45) is 0 Å². The topological polar surface area (TPSA) is 59.1 Å². The predicted molar refractivity (Wildman–Crippen MR) is 143 cm³/mol. The van der Waals surface area contributed by atoms with Gasteiger partial charge in [0.2, 0.25) is 5.91 Å². The van der Waals surface area contributed by atoms with Gasteiger partial charge >= 0.3 is 0 Å². The maximum Gasteiger partial charge on any atom is 0.256 e. The van der Waals surface area contributed by atoms with Crippen molar-refractivity contribution in [3.05, 3.63) is 81.0 Å². The fourth-order valence-corrected chi connectivity index (χ4v) is 5.55. The van der Waals surface area contributed by atoms with E-state index < -0.39 is 5.54 Å². The lowest BCUT2D eigenvalue weighted by Crippen LogP contribution is -2.53. The number of hydrogen-bond acceptors (Lipinski definition) is 5. The first-order valence-corrected chi connectivity index (χ1v) is 13.1. The molecule has 0 bridgehead atoms. The van der Waals surface area contributed by atoms with Crippen LogP contribution in [0.25, 0.3) is 0 Å². The standard InChI is InChI=1S/C28H31ClN2O4S/c1-28(2,3)31(27(33)19-9-5-6-10-21(19)29)17-26(32)30-15-13-25-20(14-16-36-25)22(30)18-35-24-12-8-7-11-23(24)34-4/h5-12,14,16,22H,13,15,17-18H2,1-4H3/t22-/m1/s1. The third kappa shape index (κ3) is 5.52. The highest BCUT2D eigenvalue weighted by molar-refractivity contribution is 7.10. The van der Waals surface area contributed by atoms with Crippen LogP contribution in [-0.4, -0.2) is 54.0 Å². The molecule has 4 rings (SSSR count). The molecule has 0 fully saturated rings. The SMILES string of the molecule is COc1ccccc1OC[C@@H]1c2ccsc2CCN1C(=O)CN(C(=O)c1ccccc1Cl)C(C)(C)C. The van der Waals surface area contributed by atoms with Gasteiger partial charge in [-0.15, -0.1) is 11.3 Å². The molecule has 190 valence electrons. The van der Waals surface area contributed by atoms with Gasteiger partial charge in [-0.3, -0.25) is 9.59 Å². The van der Waals surface area contributed by atoms with E-state index >= 15 is 0 Å². The van der Waals surface area contributed by atoms with E-state index in [0.717, 1.165) is 12.0 Å². The smallest absolute Gasteiger partial charge is 0.256 e. The van der Waals surface area contributed by atoms with Crippen molar-refractivity contribution in [1.82, 2.24) is 9.80 Å². The number of fused-ring (bicyclic) bond motifs is 1. The van der Waals surface area contributed by atoms with Crippen LogP contribution in [0, 0.1) is 0 Å². The minimum absolute atomic E-state index is 0.0574. The van der Waals surface area contributed by atoms with Gasteiger partial charge in [0.05, 0.1) is 23.7 Å². The van der Waals surface area contributed by atoms with E-state index in [4.69, 9.17) is 21.1 Å². The molecule has 0 saturated carbocycles. The van der Waals surface area contributed by atoms with E-state index in [1.54, 1.807) is 47.6 Å². The van der Waals surface area contributed by atoms with Crippen LogP contribution in [0.5, 0.6) is 11.5 Å². The highest BCUT2D eigenvalue weighted by atomic mass is 35.5. The maximum atomic E-state index is 13.8. The summed E-state index contributed by atoms with van der Waals surface area (Å²) in [7, 11) is 1.60. The molecular formula is C28H31ClN2O4S. The highest BCUT2D eigenvalue weighted by Gasteiger charge is 2.36. The summed E-state index contributed by atoms with van der Waals surface area (Å²) in [5.74, 6) is 0.869. The summed E-state index contributed by atoms with van der Waals surface area (Å²) >= 11 is 8.02.